The number of ether oxygens (including phenoxy) is 1. The lowest BCUT2D eigenvalue weighted by Gasteiger charge is -1.97. The van der Waals surface area contributed by atoms with E-state index in [1.54, 1.807) is 36.0 Å². The summed E-state index contributed by atoms with van der Waals surface area (Å²) < 4.78 is 5.11. The van der Waals surface area contributed by atoms with E-state index in [0.29, 0.717) is 5.56 Å². The van der Waals surface area contributed by atoms with Crippen molar-refractivity contribution in [2.24, 2.45) is 4.99 Å². The molecule has 0 fully saturated rings. The third-order valence-electron chi connectivity index (χ3n) is 3.56. The molecule has 0 aromatic heterocycles. The first kappa shape index (κ1) is 17.6. The number of hydrogen-bond donors (Lipinski definition) is 0. The maximum atomic E-state index is 11.9. The van der Waals surface area contributed by atoms with E-state index >= 15 is 0 Å². The van der Waals surface area contributed by atoms with Gasteiger partial charge in [0.25, 0.3) is 5.69 Å². The van der Waals surface area contributed by atoms with Crippen LogP contribution in [0.15, 0.2) is 70.2 Å². The summed E-state index contributed by atoms with van der Waals surface area (Å²) in [4.78, 5) is 27.6. The van der Waals surface area contributed by atoms with E-state index in [9.17, 15) is 14.9 Å². The smallest absolute Gasteiger partial charge is 0.363 e. The summed E-state index contributed by atoms with van der Waals surface area (Å²) in [5.74, 6) is -0.383. The molecule has 1 aliphatic heterocycles. The van der Waals surface area contributed by atoms with E-state index in [1.807, 2.05) is 30.5 Å². The van der Waals surface area contributed by atoms with E-state index < -0.39 is 10.9 Å². The van der Waals surface area contributed by atoms with Gasteiger partial charge in [-0.25, -0.2) is 9.79 Å². The first-order valence-electron chi connectivity index (χ1n) is 7.64. The molecule has 7 heteroatoms. The molecule has 0 spiro atoms. The first-order valence-corrected chi connectivity index (χ1v) is 8.87. The lowest BCUT2D eigenvalue weighted by atomic mass is 10.2. The van der Waals surface area contributed by atoms with Gasteiger partial charge in [-0.1, -0.05) is 24.3 Å². The normalized spacial score (nSPS) is 15.3. The van der Waals surface area contributed by atoms with Gasteiger partial charge in [-0.3, -0.25) is 10.1 Å². The minimum atomic E-state index is -0.530. The van der Waals surface area contributed by atoms with Crippen molar-refractivity contribution < 1.29 is 14.5 Å². The molecule has 0 saturated heterocycles. The Morgan fingerprint density at radius 1 is 1.12 bits per heavy atom. The number of nitrogens with zero attached hydrogens (tertiary/aromatic N) is 2. The number of hydrogen-bond acceptors (Lipinski definition) is 6. The molecule has 1 aliphatic rings. The van der Waals surface area contributed by atoms with Crippen molar-refractivity contribution in [1.29, 1.82) is 0 Å². The monoisotopic (exact) mass is 366 g/mol. The molecule has 2 aromatic carbocycles. The van der Waals surface area contributed by atoms with Crippen LogP contribution in [0.4, 0.5) is 5.69 Å². The second-order valence-electron chi connectivity index (χ2n) is 5.33. The zero-order chi connectivity index (χ0) is 18.5. The Morgan fingerprint density at radius 2 is 1.88 bits per heavy atom. The van der Waals surface area contributed by atoms with Gasteiger partial charge >= 0.3 is 5.97 Å². The molecule has 2 aromatic rings. The van der Waals surface area contributed by atoms with Crippen LogP contribution in [0.1, 0.15) is 11.1 Å². The summed E-state index contributed by atoms with van der Waals surface area (Å²) in [6.07, 6.45) is 6.76. The third kappa shape index (κ3) is 4.25. The predicted octanol–water partition coefficient (Wildman–Crippen LogP) is 4.33. The summed E-state index contributed by atoms with van der Waals surface area (Å²) in [5, 5.41) is 10.8. The molecule has 0 saturated carbocycles. The molecule has 0 N–H and O–H groups in total. The molecular formula is C19H14N2O4S. The Labute approximate surface area is 154 Å². The molecule has 0 bridgehead atoms. The zero-order valence-electron chi connectivity index (χ0n) is 13.8. The Hall–Kier alpha value is -3.19. The van der Waals surface area contributed by atoms with Crippen LogP contribution in [-0.4, -0.2) is 23.0 Å². The van der Waals surface area contributed by atoms with Crippen molar-refractivity contribution in [2.45, 2.75) is 4.90 Å². The molecule has 0 radical (unpaired) electrons. The number of carbonyl (C=O) groups excluding carboxylic acids is 1. The Bertz CT molecular complexity index is 946. The Morgan fingerprint density at radius 3 is 2.58 bits per heavy atom. The fraction of sp³-hybridized carbons (Fsp3) is 0.0526. The summed E-state index contributed by atoms with van der Waals surface area (Å²) in [5.41, 5.74) is 1.66. The van der Waals surface area contributed by atoms with Crippen molar-refractivity contribution in [3.05, 3.63) is 81.5 Å². The molecule has 0 aliphatic carbocycles. The topological polar surface area (TPSA) is 81.8 Å². The van der Waals surface area contributed by atoms with Crippen molar-refractivity contribution >= 4 is 41.5 Å². The highest BCUT2D eigenvalue weighted by atomic mass is 32.2. The van der Waals surface area contributed by atoms with Crippen molar-refractivity contribution in [3.8, 4) is 0 Å². The zero-order valence-corrected chi connectivity index (χ0v) is 14.6. The van der Waals surface area contributed by atoms with Crippen LogP contribution >= 0.6 is 11.8 Å². The second-order valence-corrected chi connectivity index (χ2v) is 6.21. The number of nitro groups is 1. The quantitative estimate of drug-likeness (QED) is 0.259. The van der Waals surface area contributed by atoms with Gasteiger partial charge in [-0.2, -0.15) is 0 Å². The molecule has 26 heavy (non-hydrogen) atoms. The van der Waals surface area contributed by atoms with Crippen LogP contribution < -0.4 is 0 Å². The highest BCUT2D eigenvalue weighted by molar-refractivity contribution is 7.98. The minimum Gasteiger partial charge on any atom is -0.403 e. The number of non-ortho nitro benzene ring substituents is 1. The highest BCUT2D eigenvalue weighted by Gasteiger charge is 2.21. The van der Waals surface area contributed by atoms with E-state index in [2.05, 4.69) is 4.99 Å². The van der Waals surface area contributed by atoms with E-state index in [0.717, 1.165) is 10.5 Å². The molecule has 6 nitrogen and oxygen atoms in total. The van der Waals surface area contributed by atoms with E-state index in [-0.39, 0.29) is 17.3 Å². The lowest BCUT2D eigenvalue weighted by Crippen LogP contribution is -2.01. The molecule has 1 heterocycles. The first-order chi connectivity index (χ1) is 12.5. The average molecular weight is 366 g/mol. The number of rotatable bonds is 5. The molecule has 0 atom stereocenters. The summed E-state index contributed by atoms with van der Waals surface area (Å²) in [6, 6.07) is 13.9. The SMILES string of the molecule is CSc1ccc(C=C2N=C(C=Cc3cccc([N+](=O)[O-])c3)OC2=O)cc1. The standard InChI is InChI=1S/C19H14N2O4S/c1-26-16-8-5-14(6-9-16)12-17-19(22)25-18(20-17)10-7-13-3-2-4-15(11-13)21(23)24/h2-12H,1H3. The minimum absolute atomic E-state index is 0.00761. The summed E-state index contributed by atoms with van der Waals surface area (Å²) in [6.45, 7) is 0. The fourth-order valence-corrected chi connectivity index (χ4v) is 2.67. The van der Waals surface area contributed by atoms with E-state index in [4.69, 9.17) is 4.74 Å². The molecule has 130 valence electrons. The molecule has 0 amide bonds. The van der Waals surface area contributed by atoms with Crippen molar-refractivity contribution in [3.63, 3.8) is 0 Å². The van der Waals surface area contributed by atoms with Gasteiger partial charge in [0.2, 0.25) is 5.90 Å². The number of thioether (sulfide) groups is 1. The van der Waals surface area contributed by atoms with Crippen LogP contribution in [0, 0.1) is 10.1 Å². The van der Waals surface area contributed by atoms with Gasteiger partial charge < -0.3 is 4.74 Å². The number of aliphatic imine (C=N–C) groups is 1. The van der Waals surface area contributed by atoms with Crippen LogP contribution in [0.2, 0.25) is 0 Å². The fourth-order valence-electron chi connectivity index (χ4n) is 2.26. The van der Waals surface area contributed by atoms with Crippen LogP contribution in [-0.2, 0) is 9.53 Å². The van der Waals surface area contributed by atoms with Gasteiger partial charge in [0, 0.05) is 23.1 Å². The maximum Gasteiger partial charge on any atom is 0.363 e. The number of benzene rings is 2. The van der Waals surface area contributed by atoms with Gasteiger partial charge in [0.1, 0.15) is 0 Å². The van der Waals surface area contributed by atoms with Crippen LogP contribution in [0.5, 0.6) is 0 Å². The van der Waals surface area contributed by atoms with Crippen LogP contribution in [0.25, 0.3) is 12.2 Å². The number of cyclic esters (lactones) is 1. The van der Waals surface area contributed by atoms with Gasteiger partial charge in [-0.05, 0) is 41.7 Å². The Kier molecular flexibility index (Phi) is 5.28. The second kappa shape index (κ2) is 7.79. The predicted molar refractivity (Wildman–Crippen MR) is 102 cm³/mol. The molecule has 0 unspecified atom stereocenters. The lowest BCUT2D eigenvalue weighted by molar-refractivity contribution is -0.384. The number of carbonyl (C=O) groups is 1. The Balaban J connectivity index is 1.78. The number of esters is 1. The van der Waals surface area contributed by atoms with Gasteiger partial charge in [-0.15, -0.1) is 11.8 Å². The summed E-state index contributed by atoms with van der Waals surface area (Å²) >= 11 is 1.64. The highest BCUT2D eigenvalue weighted by Crippen LogP contribution is 2.20. The van der Waals surface area contributed by atoms with Gasteiger partial charge in [0.05, 0.1) is 4.92 Å². The largest absolute Gasteiger partial charge is 0.403 e. The molecule has 3 rings (SSSR count). The average Bonchev–Trinajstić information content (AvgIpc) is 3.00. The van der Waals surface area contributed by atoms with Crippen molar-refractivity contribution in [1.82, 2.24) is 0 Å². The van der Waals surface area contributed by atoms with Gasteiger partial charge in [0.15, 0.2) is 5.70 Å². The summed E-state index contributed by atoms with van der Waals surface area (Å²) in [7, 11) is 0. The maximum absolute atomic E-state index is 11.9. The number of nitro benzene ring substituents is 1. The molecular weight excluding hydrogens is 352 g/mol. The van der Waals surface area contributed by atoms with E-state index in [1.165, 1.54) is 18.2 Å². The van der Waals surface area contributed by atoms with Crippen molar-refractivity contribution in [2.75, 3.05) is 6.26 Å². The third-order valence-corrected chi connectivity index (χ3v) is 4.30. The van der Waals surface area contributed by atoms with Crippen LogP contribution in [0.3, 0.4) is 0 Å².